The summed E-state index contributed by atoms with van der Waals surface area (Å²) in [5.41, 5.74) is 0. The molecular formula is C53H95NO8. The number of aliphatic hydroxyl groups is 5. The Balaban J connectivity index is 2.21. The van der Waals surface area contributed by atoms with Crippen LogP contribution in [0.25, 0.3) is 0 Å². The second-order valence-corrected chi connectivity index (χ2v) is 17.6. The average molecular weight is 874 g/mol. The molecule has 7 atom stereocenters. The lowest BCUT2D eigenvalue weighted by Gasteiger charge is -2.40. The van der Waals surface area contributed by atoms with Crippen LogP contribution in [-0.2, 0) is 14.3 Å². The van der Waals surface area contributed by atoms with E-state index in [4.69, 9.17) is 9.47 Å². The van der Waals surface area contributed by atoms with Crippen LogP contribution in [0, 0.1) is 0 Å². The number of aliphatic hydroxyl groups excluding tert-OH is 5. The van der Waals surface area contributed by atoms with Gasteiger partial charge < -0.3 is 40.3 Å². The van der Waals surface area contributed by atoms with E-state index in [-0.39, 0.29) is 12.5 Å². The molecule has 0 aliphatic carbocycles. The maximum absolute atomic E-state index is 13.0. The lowest BCUT2D eigenvalue weighted by atomic mass is 9.99. The Labute approximate surface area is 379 Å². The number of allylic oxidation sites excluding steroid dienone is 10. The molecule has 0 aromatic carbocycles. The van der Waals surface area contributed by atoms with Crippen LogP contribution in [0.3, 0.4) is 0 Å². The molecule has 6 N–H and O–H groups in total. The molecule has 0 saturated carbocycles. The first kappa shape index (κ1) is 57.9. The van der Waals surface area contributed by atoms with Gasteiger partial charge in [0.15, 0.2) is 6.29 Å². The zero-order chi connectivity index (χ0) is 45.1. The molecule has 9 heteroatoms. The van der Waals surface area contributed by atoms with Crippen molar-refractivity contribution in [2.75, 3.05) is 13.2 Å². The molecule has 1 fully saturated rings. The summed E-state index contributed by atoms with van der Waals surface area (Å²) >= 11 is 0. The first-order valence-electron chi connectivity index (χ1n) is 25.5. The van der Waals surface area contributed by atoms with Crippen LogP contribution in [0.4, 0.5) is 0 Å². The van der Waals surface area contributed by atoms with Crippen molar-refractivity contribution in [3.05, 3.63) is 60.8 Å². The van der Waals surface area contributed by atoms with Gasteiger partial charge in [0, 0.05) is 6.42 Å². The van der Waals surface area contributed by atoms with Gasteiger partial charge in [-0.1, -0.05) is 209 Å². The fraction of sp³-hybridized carbons (Fsp3) is 0.792. The van der Waals surface area contributed by atoms with Crippen molar-refractivity contribution >= 4 is 5.91 Å². The zero-order valence-corrected chi connectivity index (χ0v) is 39.6. The van der Waals surface area contributed by atoms with Crippen LogP contribution in [0.2, 0.25) is 0 Å². The Morgan fingerprint density at radius 1 is 0.565 bits per heavy atom. The van der Waals surface area contributed by atoms with Crippen molar-refractivity contribution in [1.29, 1.82) is 0 Å². The van der Waals surface area contributed by atoms with E-state index in [2.05, 4.69) is 79.9 Å². The van der Waals surface area contributed by atoms with Crippen molar-refractivity contribution in [2.45, 2.75) is 256 Å². The molecule has 1 heterocycles. The van der Waals surface area contributed by atoms with Crippen LogP contribution >= 0.6 is 0 Å². The molecule has 0 aromatic heterocycles. The molecule has 0 bridgehead atoms. The second-order valence-electron chi connectivity index (χ2n) is 17.6. The molecule has 0 aromatic rings. The number of hydrogen-bond donors (Lipinski definition) is 6. The summed E-state index contributed by atoms with van der Waals surface area (Å²) in [7, 11) is 0. The summed E-state index contributed by atoms with van der Waals surface area (Å²) in [6.07, 6.45) is 49.5. The Kier molecular flexibility index (Phi) is 40.0. The van der Waals surface area contributed by atoms with Crippen LogP contribution < -0.4 is 5.32 Å². The van der Waals surface area contributed by atoms with Crippen molar-refractivity contribution < 1.29 is 39.8 Å². The van der Waals surface area contributed by atoms with Gasteiger partial charge in [0.25, 0.3) is 0 Å². The van der Waals surface area contributed by atoms with Gasteiger partial charge in [-0.15, -0.1) is 0 Å². The van der Waals surface area contributed by atoms with Crippen LogP contribution in [0.5, 0.6) is 0 Å². The van der Waals surface area contributed by atoms with Gasteiger partial charge in [0.1, 0.15) is 24.4 Å². The maximum Gasteiger partial charge on any atom is 0.220 e. The number of amides is 1. The average Bonchev–Trinajstić information content (AvgIpc) is 3.27. The van der Waals surface area contributed by atoms with E-state index >= 15 is 0 Å². The van der Waals surface area contributed by atoms with E-state index in [0.29, 0.717) is 12.8 Å². The van der Waals surface area contributed by atoms with Gasteiger partial charge in [-0.2, -0.15) is 0 Å². The summed E-state index contributed by atoms with van der Waals surface area (Å²) in [5.74, 6) is -0.150. The van der Waals surface area contributed by atoms with E-state index < -0.39 is 49.5 Å². The SMILES string of the molecule is CC/C=C\C/C=C\C/C=C\C/C=C\C/C=C\CCCCCCCCCCCCCC(=O)NC(COC1OC(CO)C(O)C(O)C1O)C(O)CCCCCCCCCCCCCC. The predicted molar refractivity (Wildman–Crippen MR) is 258 cm³/mol. The molecule has 1 rings (SSSR count). The first-order valence-corrected chi connectivity index (χ1v) is 25.5. The zero-order valence-electron chi connectivity index (χ0n) is 39.6. The molecule has 0 spiro atoms. The minimum Gasteiger partial charge on any atom is -0.394 e. The second kappa shape index (κ2) is 42.8. The number of carbonyl (C=O) groups is 1. The minimum atomic E-state index is -1.55. The van der Waals surface area contributed by atoms with Crippen molar-refractivity contribution in [3.63, 3.8) is 0 Å². The Hall–Kier alpha value is -2.11. The number of nitrogens with one attached hydrogen (secondary N) is 1. The highest BCUT2D eigenvalue weighted by Crippen LogP contribution is 2.23. The summed E-state index contributed by atoms with van der Waals surface area (Å²) in [6.45, 7) is 3.71. The molecule has 1 saturated heterocycles. The lowest BCUT2D eigenvalue weighted by molar-refractivity contribution is -0.302. The standard InChI is InChI=1S/C53H95NO8/c1-3-5-7-9-11-13-15-17-18-19-20-21-22-23-24-25-26-27-28-29-30-31-33-35-37-39-41-43-49(57)54-46(45-61-53-52(60)51(59)50(58)48(44-55)62-53)47(56)42-40-38-36-34-32-16-14-12-10-8-6-4-2/h5,7,11,13,17-18,20-21,23-24,46-48,50-53,55-56,58-60H,3-4,6,8-10,12,14-16,19,22,25-45H2,1-2H3,(H,54,57)/b7-5-,13-11-,18-17-,21-20-,24-23-. The summed E-state index contributed by atoms with van der Waals surface area (Å²) in [5, 5.41) is 54.4. The number of unbranched alkanes of at least 4 members (excludes halogenated alkanes) is 22. The molecule has 9 nitrogen and oxygen atoms in total. The molecular weight excluding hydrogens is 779 g/mol. The number of carbonyl (C=O) groups excluding carboxylic acids is 1. The van der Waals surface area contributed by atoms with E-state index in [1.807, 2.05) is 0 Å². The van der Waals surface area contributed by atoms with E-state index in [0.717, 1.165) is 70.6 Å². The summed E-state index contributed by atoms with van der Waals surface area (Å²) in [4.78, 5) is 13.0. The first-order chi connectivity index (χ1) is 30.3. The Morgan fingerprint density at radius 3 is 1.48 bits per heavy atom. The quantitative estimate of drug-likeness (QED) is 0.0262. The van der Waals surface area contributed by atoms with Gasteiger partial charge in [-0.25, -0.2) is 0 Å². The topological polar surface area (TPSA) is 149 Å². The maximum atomic E-state index is 13.0. The van der Waals surface area contributed by atoms with Gasteiger partial charge in [0.2, 0.25) is 5.91 Å². The van der Waals surface area contributed by atoms with E-state index in [9.17, 15) is 30.3 Å². The Bertz CT molecular complexity index is 1150. The predicted octanol–water partition coefficient (Wildman–Crippen LogP) is 11.6. The molecule has 1 aliphatic rings. The third kappa shape index (κ3) is 32.5. The molecule has 1 aliphatic heterocycles. The van der Waals surface area contributed by atoms with Crippen LogP contribution in [-0.4, -0.2) is 87.5 Å². The number of ether oxygens (including phenoxy) is 2. The fourth-order valence-corrected chi connectivity index (χ4v) is 7.83. The molecule has 360 valence electrons. The highest BCUT2D eigenvalue weighted by molar-refractivity contribution is 5.76. The van der Waals surface area contributed by atoms with E-state index in [1.165, 1.54) is 116 Å². The van der Waals surface area contributed by atoms with Crippen LogP contribution in [0.1, 0.15) is 213 Å². The van der Waals surface area contributed by atoms with Crippen molar-refractivity contribution in [2.24, 2.45) is 0 Å². The van der Waals surface area contributed by atoms with Crippen LogP contribution in [0.15, 0.2) is 60.8 Å². The van der Waals surface area contributed by atoms with Gasteiger partial charge >= 0.3 is 0 Å². The van der Waals surface area contributed by atoms with Gasteiger partial charge in [-0.05, 0) is 57.8 Å². The van der Waals surface area contributed by atoms with Crippen molar-refractivity contribution in [3.8, 4) is 0 Å². The molecule has 7 unspecified atom stereocenters. The fourth-order valence-electron chi connectivity index (χ4n) is 7.83. The highest BCUT2D eigenvalue weighted by atomic mass is 16.7. The van der Waals surface area contributed by atoms with Gasteiger partial charge in [0.05, 0.1) is 25.4 Å². The van der Waals surface area contributed by atoms with Crippen molar-refractivity contribution in [1.82, 2.24) is 5.32 Å². The largest absolute Gasteiger partial charge is 0.394 e. The lowest BCUT2D eigenvalue weighted by Crippen LogP contribution is -2.60. The smallest absolute Gasteiger partial charge is 0.220 e. The molecule has 0 radical (unpaired) electrons. The number of hydrogen-bond acceptors (Lipinski definition) is 8. The summed E-state index contributed by atoms with van der Waals surface area (Å²) in [6, 6.07) is -0.722. The molecule has 1 amide bonds. The highest BCUT2D eigenvalue weighted by Gasteiger charge is 2.44. The third-order valence-corrected chi connectivity index (χ3v) is 11.9. The van der Waals surface area contributed by atoms with E-state index in [1.54, 1.807) is 0 Å². The minimum absolute atomic E-state index is 0.141. The monoisotopic (exact) mass is 874 g/mol. The summed E-state index contributed by atoms with van der Waals surface area (Å²) < 4.78 is 11.3. The van der Waals surface area contributed by atoms with Gasteiger partial charge in [-0.3, -0.25) is 4.79 Å². The third-order valence-electron chi connectivity index (χ3n) is 11.9. The Morgan fingerprint density at radius 2 is 1.00 bits per heavy atom. The normalized spacial score (nSPS) is 20.8. The number of rotatable bonds is 42. The molecule has 62 heavy (non-hydrogen) atoms.